The van der Waals surface area contributed by atoms with Crippen molar-refractivity contribution < 1.29 is 4.74 Å². The number of rotatable bonds is 5. The zero-order chi connectivity index (χ0) is 12.8. The van der Waals surface area contributed by atoms with E-state index in [0.717, 1.165) is 17.0 Å². The Morgan fingerprint density at radius 1 is 1.28 bits per heavy atom. The largest absolute Gasteiger partial charge is 0.496 e. The van der Waals surface area contributed by atoms with Crippen LogP contribution in [-0.4, -0.2) is 17.1 Å². The SMILES string of the molecule is COc1ccccc1C(C)NCc1ccncn1. The molecule has 4 nitrogen and oxygen atoms in total. The molecule has 1 aromatic heterocycles. The molecule has 0 bridgehead atoms. The Balaban J connectivity index is 2.01. The molecule has 0 aliphatic carbocycles. The minimum Gasteiger partial charge on any atom is -0.496 e. The van der Waals surface area contributed by atoms with Crippen LogP contribution in [-0.2, 0) is 6.54 Å². The molecule has 4 heteroatoms. The van der Waals surface area contributed by atoms with Crippen molar-refractivity contribution in [1.29, 1.82) is 0 Å². The van der Waals surface area contributed by atoms with Crippen molar-refractivity contribution in [3.63, 3.8) is 0 Å². The molecule has 1 heterocycles. The number of methoxy groups -OCH3 is 1. The average molecular weight is 243 g/mol. The van der Waals surface area contributed by atoms with Crippen LogP contribution in [0.25, 0.3) is 0 Å². The van der Waals surface area contributed by atoms with Gasteiger partial charge in [0.25, 0.3) is 0 Å². The molecule has 0 saturated heterocycles. The van der Waals surface area contributed by atoms with Crippen molar-refractivity contribution in [2.45, 2.75) is 19.5 Å². The van der Waals surface area contributed by atoms with Gasteiger partial charge in [0.2, 0.25) is 0 Å². The molecule has 0 aliphatic rings. The summed E-state index contributed by atoms with van der Waals surface area (Å²) in [6.45, 7) is 2.82. The third-order valence-corrected chi connectivity index (χ3v) is 2.84. The van der Waals surface area contributed by atoms with Crippen LogP contribution in [0.3, 0.4) is 0 Å². The lowest BCUT2D eigenvalue weighted by molar-refractivity contribution is 0.401. The van der Waals surface area contributed by atoms with E-state index in [2.05, 4.69) is 28.3 Å². The van der Waals surface area contributed by atoms with Gasteiger partial charge in [0, 0.05) is 24.3 Å². The fraction of sp³-hybridized carbons (Fsp3) is 0.286. The maximum Gasteiger partial charge on any atom is 0.123 e. The van der Waals surface area contributed by atoms with Gasteiger partial charge in [-0.25, -0.2) is 9.97 Å². The molecule has 1 N–H and O–H groups in total. The standard InChI is InChI=1S/C14H17N3O/c1-11(13-5-3-4-6-14(13)18-2)16-9-12-7-8-15-10-17-12/h3-8,10-11,16H,9H2,1-2H3. The van der Waals surface area contributed by atoms with Gasteiger partial charge in [0.1, 0.15) is 12.1 Å². The van der Waals surface area contributed by atoms with Crippen LogP contribution >= 0.6 is 0 Å². The van der Waals surface area contributed by atoms with E-state index in [1.165, 1.54) is 0 Å². The molecular formula is C14H17N3O. The Hall–Kier alpha value is -1.94. The van der Waals surface area contributed by atoms with E-state index in [1.807, 2.05) is 24.3 Å². The summed E-state index contributed by atoms with van der Waals surface area (Å²) < 4.78 is 5.35. The molecule has 0 saturated carbocycles. The van der Waals surface area contributed by atoms with Gasteiger partial charge in [-0.15, -0.1) is 0 Å². The number of aromatic nitrogens is 2. The lowest BCUT2D eigenvalue weighted by atomic mass is 10.1. The number of nitrogens with one attached hydrogen (secondary N) is 1. The van der Waals surface area contributed by atoms with Gasteiger partial charge in [-0.2, -0.15) is 0 Å². The van der Waals surface area contributed by atoms with E-state index in [-0.39, 0.29) is 6.04 Å². The van der Waals surface area contributed by atoms with Crippen LogP contribution in [0, 0.1) is 0 Å². The van der Waals surface area contributed by atoms with E-state index < -0.39 is 0 Å². The second-order valence-corrected chi connectivity index (χ2v) is 4.05. The highest BCUT2D eigenvalue weighted by atomic mass is 16.5. The second-order valence-electron chi connectivity index (χ2n) is 4.05. The number of ether oxygens (including phenoxy) is 1. The van der Waals surface area contributed by atoms with Crippen molar-refractivity contribution >= 4 is 0 Å². The van der Waals surface area contributed by atoms with Crippen LogP contribution in [0.2, 0.25) is 0 Å². The molecule has 2 rings (SSSR count). The zero-order valence-electron chi connectivity index (χ0n) is 10.6. The summed E-state index contributed by atoms with van der Waals surface area (Å²) in [6, 6.07) is 10.1. The van der Waals surface area contributed by atoms with Gasteiger partial charge in [0.05, 0.1) is 12.8 Å². The van der Waals surface area contributed by atoms with Crippen molar-refractivity contribution in [2.75, 3.05) is 7.11 Å². The Bertz CT molecular complexity index is 487. The van der Waals surface area contributed by atoms with Gasteiger partial charge in [-0.1, -0.05) is 18.2 Å². The first-order valence-electron chi connectivity index (χ1n) is 5.92. The summed E-state index contributed by atoms with van der Waals surface area (Å²) in [5.41, 5.74) is 2.13. The molecule has 0 amide bonds. The lowest BCUT2D eigenvalue weighted by Crippen LogP contribution is -2.19. The monoisotopic (exact) mass is 243 g/mol. The maximum absolute atomic E-state index is 5.35. The van der Waals surface area contributed by atoms with Crippen LogP contribution in [0.15, 0.2) is 42.9 Å². The second kappa shape index (κ2) is 6.12. The Labute approximate surface area is 107 Å². The summed E-state index contributed by atoms with van der Waals surface area (Å²) in [4.78, 5) is 8.08. The highest BCUT2D eigenvalue weighted by molar-refractivity contribution is 5.35. The highest BCUT2D eigenvalue weighted by Gasteiger charge is 2.10. The molecule has 1 atom stereocenters. The summed E-state index contributed by atoms with van der Waals surface area (Å²) in [6.07, 6.45) is 3.31. The minimum absolute atomic E-state index is 0.205. The fourth-order valence-corrected chi connectivity index (χ4v) is 1.81. The fourth-order valence-electron chi connectivity index (χ4n) is 1.81. The van der Waals surface area contributed by atoms with Crippen LogP contribution in [0.1, 0.15) is 24.2 Å². The summed E-state index contributed by atoms with van der Waals surface area (Å²) >= 11 is 0. The normalized spacial score (nSPS) is 12.1. The third-order valence-electron chi connectivity index (χ3n) is 2.84. The van der Waals surface area contributed by atoms with Crippen molar-refractivity contribution in [1.82, 2.24) is 15.3 Å². The van der Waals surface area contributed by atoms with Gasteiger partial charge in [0.15, 0.2) is 0 Å². The number of hydrogen-bond donors (Lipinski definition) is 1. The molecular weight excluding hydrogens is 226 g/mol. The Morgan fingerprint density at radius 3 is 2.83 bits per heavy atom. The summed E-state index contributed by atoms with van der Waals surface area (Å²) in [5.74, 6) is 0.903. The number of hydrogen-bond acceptors (Lipinski definition) is 4. The van der Waals surface area contributed by atoms with Crippen LogP contribution < -0.4 is 10.1 Å². The van der Waals surface area contributed by atoms with Crippen molar-refractivity contribution in [3.8, 4) is 5.75 Å². The van der Waals surface area contributed by atoms with Crippen molar-refractivity contribution in [2.24, 2.45) is 0 Å². The van der Waals surface area contributed by atoms with E-state index in [1.54, 1.807) is 19.6 Å². The molecule has 0 aliphatic heterocycles. The highest BCUT2D eigenvalue weighted by Crippen LogP contribution is 2.24. The molecule has 0 fully saturated rings. The molecule has 0 spiro atoms. The van der Waals surface area contributed by atoms with E-state index in [0.29, 0.717) is 6.54 Å². The van der Waals surface area contributed by atoms with E-state index in [4.69, 9.17) is 4.74 Å². The van der Waals surface area contributed by atoms with Crippen molar-refractivity contribution in [3.05, 3.63) is 54.1 Å². The maximum atomic E-state index is 5.35. The van der Waals surface area contributed by atoms with E-state index in [9.17, 15) is 0 Å². The molecule has 0 radical (unpaired) electrons. The minimum atomic E-state index is 0.205. The van der Waals surface area contributed by atoms with Crippen LogP contribution in [0.4, 0.5) is 0 Å². The molecule has 2 aromatic rings. The number of benzene rings is 1. The Kier molecular flexibility index (Phi) is 4.25. The predicted molar refractivity (Wildman–Crippen MR) is 70.3 cm³/mol. The molecule has 1 aromatic carbocycles. The molecule has 1 unspecified atom stereocenters. The number of para-hydroxylation sites is 1. The quantitative estimate of drug-likeness (QED) is 0.875. The summed E-state index contributed by atoms with van der Waals surface area (Å²) in [7, 11) is 1.69. The van der Waals surface area contributed by atoms with E-state index >= 15 is 0 Å². The first kappa shape index (κ1) is 12.5. The predicted octanol–water partition coefficient (Wildman–Crippen LogP) is 2.34. The zero-order valence-corrected chi connectivity index (χ0v) is 10.6. The molecule has 18 heavy (non-hydrogen) atoms. The first-order chi connectivity index (χ1) is 8.81. The van der Waals surface area contributed by atoms with Gasteiger partial charge in [-0.05, 0) is 19.1 Å². The lowest BCUT2D eigenvalue weighted by Gasteiger charge is -2.16. The average Bonchev–Trinajstić information content (AvgIpc) is 2.45. The number of nitrogens with zero attached hydrogens (tertiary/aromatic N) is 2. The van der Waals surface area contributed by atoms with Crippen LogP contribution in [0.5, 0.6) is 5.75 Å². The smallest absolute Gasteiger partial charge is 0.123 e. The van der Waals surface area contributed by atoms with Gasteiger partial charge in [-0.3, -0.25) is 0 Å². The Morgan fingerprint density at radius 2 is 2.11 bits per heavy atom. The van der Waals surface area contributed by atoms with Gasteiger partial charge < -0.3 is 10.1 Å². The first-order valence-corrected chi connectivity index (χ1v) is 5.92. The topological polar surface area (TPSA) is 47.0 Å². The molecule has 94 valence electrons. The third kappa shape index (κ3) is 3.05. The summed E-state index contributed by atoms with van der Waals surface area (Å²) in [5, 5.41) is 3.42. The van der Waals surface area contributed by atoms with Gasteiger partial charge >= 0.3 is 0 Å².